The van der Waals surface area contributed by atoms with Gasteiger partial charge in [-0.3, -0.25) is 19.8 Å². The van der Waals surface area contributed by atoms with Crippen molar-refractivity contribution in [3.63, 3.8) is 0 Å². The zero-order valence-corrected chi connectivity index (χ0v) is 14.9. The van der Waals surface area contributed by atoms with Crippen LogP contribution < -0.4 is 5.32 Å². The summed E-state index contributed by atoms with van der Waals surface area (Å²) in [4.78, 5) is 37.1. The molecule has 2 aromatic rings. The van der Waals surface area contributed by atoms with Gasteiger partial charge in [-0.25, -0.2) is 4.79 Å². The second-order valence-corrected chi connectivity index (χ2v) is 6.06. The fourth-order valence-electron chi connectivity index (χ4n) is 2.65. The molecule has 3 rings (SSSR count). The number of nitrogens with zero attached hydrogens (tertiary/aromatic N) is 2. The summed E-state index contributed by atoms with van der Waals surface area (Å²) >= 11 is 5.03. The van der Waals surface area contributed by atoms with Crippen molar-refractivity contribution in [2.24, 2.45) is 0 Å². The van der Waals surface area contributed by atoms with Crippen molar-refractivity contribution >= 4 is 41.2 Å². The Balaban J connectivity index is 1.98. The molecule has 0 radical (unpaired) electrons. The third kappa shape index (κ3) is 3.56. The summed E-state index contributed by atoms with van der Waals surface area (Å²) in [6.45, 7) is 3.77. The molecule has 1 aliphatic rings. The monoisotopic (exact) mass is 381 g/mol. The molecule has 136 valence electrons. The minimum atomic E-state index is -1.01. The van der Waals surface area contributed by atoms with E-state index in [-0.39, 0.29) is 22.8 Å². The van der Waals surface area contributed by atoms with Crippen LogP contribution >= 0.6 is 12.2 Å². The van der Waals surface area contributed by atoms with Crippen LogP contribution in [-0.4, -0.2) is 44.0 Å². The zero-order chi connectivity index (χ0) is 19.6. The summed E-state index contributed by atoms with van der Waals surface area (Å²) in [6, 6.07) is 9.76. The Kier molecular flexibility index (Phi) is 5.00. The number of thiocarbonyl (C=S) groups is 1. The van der Waals surface area contributed by atoms with Crippen LogP contribution in [0.1, 0.15) is 16.1 Å². The SMILES string of the molecule is C=CCN1C(=O)/C(=C\c2cccn2-c2ccc(C(=O)O)cc2)C(=O)NC1=S. The number of carbonyl (C=O) groups is 3. The van der Waals surface area contributed by atoms with Crippen LogP contribution in [0.25, 0.3) is 11.8 Å². The van der Waals surface area contributed by atoms with E-state index >= 15 is 0 Å². The van der Waals surface area contributed by atoms with Gasteiger partial charge in [0.2, 0.25) is 0 Å². The van der Waals surface area contributed by atoms with E-state index in [1.165, 1.54) is 29.2 Å². The van der Waals surface area contributed by atoms with Crippen molar-refractivity contribution in [2.45, 2.75) is 0 Å². The minimum Gasteiger partial charge on any atom is -0.478 e. The minimum absolute atomic E-state index is 0.0432. The number of rotatable bonds is 5. The van der Waals surface area contributed by atoms with Gasteiger partial charge in [0.05, 0.1) is 5.56 Å². The number of hydrogen-bond acceptors (Lipinski definition) is 4. The second-order valence-electron chi connectivity index (χ2n) is 5.68. The normalized spacial score (nSPS) is 15.8. The van der Waals surface area contributed by atoms with E-state index in [0.29, 0.717) is 11.4 Å². The molecule has 2 heterocycles. The molecule has 1 aromatic heterocycles. The standard InChI is InChI=1S/C19H15N3O4S/c1-2-9-22-17(24)15(16(23)20-19(22)27)11-14-4-3-10-21(14)13-7-5-12(6-8-13)18(25)26/h2-8,10-11H,1,9H2,(H,25,26)(H,20,23,27)/b15-11-. The molecule has 1 fully saturated rings. The van der Waals surface area contributed by atoms with Crippen LogP contribution in [-0.2, 0) is 9.59 Å². The molecule has 8 heteroatoms. The van der Waals surface area contributed by atoms with Crippen molar-refractivity contribution in [3.8, 4) is 5.69 Å². The van der Waals surface area contributed by atoms with Crippen molar-refractivity contribution in [3.05, 3.63) is 72.1 Å². The molecule has 1 aliphatic heterocycles. The number of benzene rings is 1. The highest BCUT2D eigenvalue weighted by Crippen LogP contribution is 2.19. The molecule has 27 heavy (non-hydrogen) atoms. The third-order valence-corrected chi connectivity index (χ3v) is 4.28. The van der Waals surface area contributed by atoms with E-state index in [2.05, 4.69) is 11.9 Å². The summed E-state index contributed by atoms with van der Waals surface area (Å²) in [5.74, 6) is -2.09. The van der Waals surface area contributed by atoms with Gasteiger partial charge in [0.15, 0.2) is 5.11 Å². The highest BCUT2D eigenvalue weighted by atomic mass is 32.1. The first-order valence-corrected chi connectivity index (χ1v) is 8.34. The Morgan fingerprint density at radius 3 is 2.56 bits per heavy atom. The van der Waals surface area contributed by atoms with Crippen LogP contribution in [0.4, 0.5) is 0 Å². The fraction of sp³-hybridized carbons (Fsp3) is 0.0526. The number of carboxylic acid groups (broad SMARTS) is 1. The van der Waals surface area contributed by atoms with E-state index in [0.717, 1.165) is 0 Å². The molecular weight excluding hydrogens is 366 g/mol. The molecule has 2 amide bonds. The summed E-state index contributed by atoms with van der Waals surface area (Å²) in [7, 11) is 0. The van der Waals surface area contributed by atoms with E-state index in [1.807, 2.05) is 0 Å². The maximum absolute atomic E-state index is 12.6. The quantitative estimate of drug-likeness (QED) is 0.358. The molecule has 0 atom stereocenters. The molecule has 0 unspecified atom stereocenters. The van der Waals surface area contributed by atoms with Crippen molar-refractivity contribution in [1.82, 2.24) is 14.8 Å². The molecule has 1 saturated heterocycles. The van der Waals surface area contributed by atoms with E-state index < -0.39 is 17.8 Å². The number of carboxylic acids is 1. The van der Waals surface area contributed by atoms with E-state index in [9.17, 15) is 14.4 Å². The predicted octanol–water partition coefficient (Wildman–Crippen LogP) is 1.99. The van der Waals surface area contributed by atoms with Crippen LogP contribution in [0.5, 0.6) is 0 Å². The first-order chi connectivity index (χ1) is 12.9. The highest BCUT2D eigenvalue weighted by Gasteiger charge is 2.32. The Hall–Kier alpha value is -3.52. The molecule has 0 spiro atoms. The first-order valence-electron chi connectivity index (χ1n) is 7.93. The zero-order valence-electron chi connectivity index (χ0n) is 14.1. The van der Waals surface area contributed by atoms with Gasteiger partial charge in [-0.1, -0.05) is 6.08 Å². The van der Waals surface area contributed by atoms with Gasteiger partial charge in [-0.15, -0.1) is 6.58 Å². The lowest BCUT2D eigenvalue weighted by Gasteiger charge is -2.27. The van der Waals surface area contributed by atoms with Crippen molar-refractivity contribution < 1.29 is 19.5 Å². The predicted molar refractivity (Wildman–Crippen MR) is 103 cm³/mol. The van der Waals surface area contributed by atoms with Crippen LogP contribution in [0.3, 0.4) is 0 Å². The van der Waals surface area contributed by atoms with Crippen molar-refractivity contribution in [2.75, 3.05) is 6.54 Å². The van der Waals surface area contributed by atoms with Crippen molar-refractivity contribution in [1.29, 1.82) is 0 Å². The maximum Gasteiger partial charge on any atom is 0.335 e. The van der Waals surface area contributed by atoms with Crippen LogP contribution in [0, 0.1) is 0 Å². The second kappa shape index (κ2) is 7.38. The largest absolute Gasteiger partial charge is 0.478 e. The highest BCUT2D eigenvalue weighted by molar-refractivity contribution is 7.80. The van der Waals surface area contributed by atoms with E-state index in [1.54, 1.807) is 35.0 Å². The number of aromatic nitrogens is 1. The van der Waals surface area contributed by atoms with E-state index in [4.69, 9.17) is 17.3 Å². The number of amides is 2. The molecule has 7 nitrogen and oxygen atoms in total. The van der Waals surface area contributed by atoms with Crippen LogP contribution in [0.15, 0.2) is 60.8 Å². The Labute approximate surface area is 160 Å². The lowest BCUT2D eigenvalue weighted by molar-refractivity contribution is -0.128. The Bertz CT molecular complexity index is 989. The van der Waals surface area contributed by atoms with Gasteiger partial charge in [-0.05, 0) is 54.7 Å². The molecule has 1 aromatic carbocycles. The third-order valence-electron chi connectivity index (χ3n) is 3.96. The molecular formula is C19H15N3O4S. The van der Waals surface area contributed by atoms with Gasteiger partial charge in [0, 0.05) is 24.1 Å². The lowest BCUT2D eigenvalue weighted by atomic mass is 10.1. The Morgan fingerprint density at radius 2 is 1.93 bits per heavy atom. The van der Waals surface area contributed by atoms with Gasteiger partial charge < -0.3 is 9.67 Å². The number of hydrogen-bond donors (Lipinski definition) is 2. The Morgan fingerprint density at radius 1 is 1.22 bits per heavy atom. The average Bonchev–Trinajstić information content (AvgIpc) is 3.10. The first kappa shape index (κ1) is 18.3. The summed E-state index contributed by atoms with van der Waals surface area (Å²) < 4.78 is 1.74. The summed E-state index contributed by atoms with van der Waals surface area (Å²) in [5.41, 5.74) is 1.40. The van der Waals surface area contributed by atoms with Gasteiger partial charge in [0.1, 0.15) is 5.57 Å². The lowest BCUT2D eigenvalue weighted by Crippen LogP contribution is -2.53. The maximum atomic E-state index is 12.6. The average molecular weight is 381 g/mol. The molecule has 0 aliphatic carbocycles. The van der Waals surface area contributed by atoms with Gasteiger partial charge >= 0.3 is 5.97 Å². The summed E-state index contributed by atoms with van der Waals surface area (Å²) in [5, 5.41) is 11.5. The fourth-order valence-corrected chi connectivity index (χ4v) is 2.90. The number of aromatic carboxylic acids is 1. The molecule has 2 N–H and O–H groups in total. The van der Waals surface area contributed by atoms with Gasteiger partial charge in [0.25, 0.3) is 11.8 Å². The van der Waals surface area contributed by atoms with Gasteiger partial charge in [-0.2, -0.15) is 0 Å². The van der Waals surface area contributed by atoms with Crippen LogP contribution in [0.2, 0.25) is 0 Å². The molecule has 0 bridgehead atoms. The summed E-state index contributed by atoms with van der Waals surface area (Å²) in [6.07, 6.45) is 4.74. The number of nitrogens with one attached hydrogen (secondary N) is 1. The topological polar surface area (TPSA) is 91.6 Å². The molecule has 0 saturated carbocycles. The number of carbonyl (C=O) groups excluding carboxylic acids is 2. The smallest absolute Gasteiger partial charge is 0.335 e.